The number of hydrogen-bond acceptors (Lipinski definition) is 8. The van der Waals surface area contributed by atoms with Crippen LogP contribution >= 0.6 is 0 Å². The van der Waals surface area contributed by atoms with Gasteiger partial charge in [0.1, 0.15) is 23.0 Å². The number of fused-ring (bicyclic) bond motifs is 3. The summed E-state index contributed by atoms with van der Waals surface area (Å²) in [5, 5.41) is 0. The summed E-state index contributed by atoms with van der Waals surface area (Å²) in [5.74, 6) is 2.29. The van der Waals surface area contributed by atoms with E-state index in [9.17, 15) is 9.59 Å². The van der Waals surface area contributed by atoms with Gasteiger partial charge in [0, 0.05) is 24.0 Å². The number of carbonyl (C=O) groups is 2. The fraction of sp³-hybridized carbons (Fsp3) is 0.188. The van der Waals surface area contributed by atoms with Gasteiger partial charge in [0.05, 0.1) is 39.1 Å². The molecule has 3 aromatic carbocycles. The molecular formula is C32H26O8. The Kier molecular flexibility index (Phi) is 6.74. The lowest BCUT2D eigenvalue weighted by atomic mass is 9.84. The second-order valence-electron chi connectivity index (χ2n) is 9.40. The van der Waals surface area contributed by atoms with Crippen LogP contribution in [0.25, 0.3) is 6.08 Å². The van der Waals surface area contributed by atoms with Crippen molar-refractivity contribution < 1.29 is 37.7 Å². The topological polar surface area (TPSA) is 93.4 Å². The second kappa shape index (κ2) is 10.6. The standard InChI is InChI=1S/C32H26O8/c1-35-21-8-5-19(6-9-21)13-15-38-25-11-7-20(16-27(25)36-2)24-18-29(33)39-26-12-10-23-31(34)28(40-32(23)30(24)26)17-22-4-3-14-37-22/h3-12,14,16-17,24H,13,15,18H2,1-2H3. The van der Waals surface area contributed by atoms with Gasteiger partial charge in [-0.2, -0.15) is 0 Å². The smallest absolute Gasteiger partial charge is 0.312 e. The molecule has 0 radical (unpaired) electrons. The Bertz CT molecular complexity index is 1600. The first-order valence-electron chi connectivity index (χ1n) is 12.8. The predicted molar refractivity (Wildman–Crippen MR) is 145 cm³/mol. The minimum atomic E-state index is -0.413. The maximum absolute atomic E-state index is 13.1. The SMILES string of the molecule is COc1ccc(CCOc2ccc(C3CC(=O)Oc4ccc5c(c43)OC(=Cc3ccco3)C5=O)cc2OC)cc1. The minimum Gasteiger partial charge on any atom is -0.497 e. The lowest BCUT2D eigenvalue weighted by Gasteiger charge is -2.26. The van der Waals surface area contributed by atoms with Gasteiger partial charge in [0.25, 0.3) is 0 Å². The number of carbonyl (C=O) groups excluding carboxylic acids is 2. The molecular weight excluding hydrogens is 512 g/mol. The quantitative estimate of drug-likeness (QED) is 0.154. The molecule has 0 bridgehead atoms. The molecule has 1 aromatic heterocycles. The van der Waals surface area contributed by atoms with Crippen molar-refractivity contribution in [1.29, 1.82) is 0 Å². The van der Waals surface area contributed by atoms with Gasteiger partial charge in [-0.25, -0.2) is 0 Å². The van der Waals surface area contributed by atoms with Gasteiger partial charge in [-0.05, 0) is 59.7 Å². The van der Waals surface area contributed by atoms with Crippen LogP contribution in [0, 0.1) is 0 Å². The van der Waals surface area contributed by atoms with E-state index in [-0.39, 0.29) is 23.9 Å². The summed E-state index contributed by atoms with van der Waals surface area (Å²) >= 11 is 0. The molecule has 1 unspecified atom stereocenters. The van der Waals surface area contributed by atoms with Gasteiger partial charge in [-0.3, -0.25) is 9.59 Å². The molecule has 8 nitrogen and oxygen atoms in total. The lowest BCUT2D eigenvalue weighted by molar-refractivity contribution is -0.135. The third kappa shape index (κ3) is 4.80. The van der Waals surface area contributed by atoms with Gasteiger partial charge in [-0.1, -0.05) is 18.2 Å². The summed E-state index contributed by atoms with van der Waals surface area (Å²) in [6.45, 7) is 0.453. The van der Waals surface area contributed by atoms with Crippen molar-refractivity contribution in [3.8, 4) is 28.7 Å². The van der Waals surface area contributed by atoms with Crippen LogP contribution in [0.5, 0.6) is 28.7 Å². The van der Waals surface area contributed by atoms with Crippen LogP contribution in [-0.4, -0.2) is 32.6 Å². The van der Waals surface area contributed by atoms with E-state index in [2.05, 4.69) is 0 Å². The van der Waals surface area contributed by atoms with Crippen LogP contribution in [0.3, 0.4) is 0 Å². The Hall–Kier alpha value is -4.98. The van der Waals surface area contributed by atoms with E-state index >= 15 is 0 Å². The molecule has 0 amide bonds. The Balaban J connectivity index is 1.27. The van der Waals surface area contributed by atoms with Gasteiger partial charge in [0.15, 0.2) is 17.3 Å². The molecule has 3 heterocycles. The Morgan fingerprint density at radius 2 is 1.77 bits per heavy atom. The lowest BCUT2D eigenvalue weighted by Crippen LogP contribution is -2.21. The molecule has 2 aliphatic rings. The number of furan rings is 1. The molecule has 6 rings (SSSR count). The third-order valence-corrected chi connectivity index (χ3v) is 6.99. The van der Waals surface area contributed by atoms with E-state index in [0.717, 1.165) is 16.9 Å². The van der Waals surface area contributed by atoms with Gasteiger partial charge in [0.2, 0.25) is 5.78 Å². The van der Waals surface area contributed by atoms with Crippen LogP contribution in [0.2, 0.25) is 0 Å². The summed E-state index contributed by atoms with van der Waals surface area (Å²) in [7, 11) is 3.21. The Morgan fingerprint density at radius 1 is 0.925 bits per heavy atom. The highest BCUT2D eigenvalue weighted by molar-refractivity contribution is 6.15. The molecule has 2 aliphatic heterocycles. The average molecular weight is 539 g/mol. The van der Waals surface area contributed by atoms with Crippen molar-refractivity contribution >= 4 is 17.8 Å². The van der Waals surface area contributed by atoms with E-state index < -0.39 is 5.92 Å². The largest absolute Gasteiger partial charge is 0.497 e. The van der Waals surface area contributed by atoms with Crippen LogP contribution in [-0.2, 0) is 11.2 Å². The molecule has 0 aliphatic carbocycles. The maximum atomic E-state index is 13.1. The van der Waals surface area contributed by atoms with Crippen molar-refractivity contribution in [3.05, 3.63) is 107 Å². The summed E-state index contributed by atoms with van der Waals surface area (Å²) < 4.78 is 33.9. The van der Waals surface area contributed by atoms with E-state index in [1.165, 1.54) is 6.26 Å². The highest BCUT2D eigenvalue weighted by Gasteiger charge is 2.38. The summed E-state index contributed by atoms with van der Waals surface area (Å²) in [5.41, 5.74) is 2.98. The molecule has 0 spiro atoms. The molecule has 0 N–H and O–H groups in total. The number of ketones is 1. The van der Waals surface area contributed by atoms with E-state index in [1.807, 2.05) is 42.5 Å². The van der Waals surface area contributed by atoms with Gasteiger partial charge < -0.3 is 28.1 Å². The zero-order valence-corrected chi connectivity index (χ0v) is 22.0. The monoisotopic (exact) mass is 538 g/mol. The number of Topliss-reactive ketones (excluding diaryl/α,β-unsaturated/α-hetero) is 1. The summed E-state index contributed by atoms with van der Waals surface area (Å²) in [6.07, 6.45) is 3.87. The summed E-state index contributed by atoms with van der Waals surface area (Å²) in [6, 6.07) is 20.2. The fourth-order valence-corrected chi connectivity index (χ4v) is 4.98. The molecule has 0 saturated heterocycles. The molecule has 4 aromatic rings. The minimum absolute atomic E-state index is 0.0824. The normalized spacial score (nSPS) is 16.6. The van der Waals surface area contributed by atoms with Crippen LogP contribution in [0.1, 0.15) is 45.1 Å². The van der Waals surface area contributed by atoms with Crippen molar-refractivity contribution in [1.82, 2.24) is 0 Å². The molecule has 0 saturated carbocycles. The van der Waals surface area contributed by atoms with E-state index in [4.69, 9.17) is 28.1 Å². The molecule has 8 heteroatoms. The van der Waals surface area contributed by atoms with Gasteiger partial charge in [-0.15, -0.1) is 0 Å². The predicted octanol–water partition coefficient (Wildman–Crippen LogP) is 5.98. The zero-order chi connectivity index (χ0) is 27.6. The molecule has 0 fully saturated rings. The number of benzene rings is 3. The number of hydrogen-bond donors (Lipinski definition) is 0. The highest BCUT2D eigenvalue weighted by atomic mass is 16.5. The number of rotatable bonds is 8. The first-order chi connectivity index (χ1) is 19.5. The zero-order valence-electron chi connectivity index (χ0n) is 22.0. The first-order valence-corrected chi connectivity index (χ1v) is 12.8. The van der Waals surface area contributed by atoms with Crippen LogP contribution < -0.4 is 23.7 Å². The molecule has 202 valence electrons. The van der Waals surface area contributed by atoms with Gasteiger partial charge >= 0.3 is 5.97 Å². The van der Waals surface area contributed by atoms with Crippen molar-refractivity contribution in [2.75, 3.05) is 20.8 Å². The van der Waals surface area contributed by atoms with Crippen LogP contribution in [0.15, 0.2) is 83.2 Å². The fourth-order valence-electron chi connectivity index (χ4n) is 4.98. The van der Waals surface area contributed by atoms with E-state index in [1.54, 1.807) is 44.6 Å². The maximum Gasteiger partial charge on any atom is 0.312 e. The van der Waals surface area contributed by atoms with Crippen LogP contribution in [0.4, 0.5) is 0 Å². The number of methoxy groups -OCH3 is 2. The Labute approximate surface area is 230 Å². The average Bonchev–Trinajstić information content (AvgIpc) is 3.60. The summed E-state index contributed by atoms with van der Waals surface area (Å²) in [4.78, 5) is 25.7. The van der Waals surface area contributed by atoms with Crippen molar-refractivity contribution in [2.24, 2.45) is 0 Å². The highest BCUT2D eigenvalue weighted by Crippen LogP contribution is 2.49. The van der Waals surface area contributed by atoms with Crippen molar-refractivity contribution in [2.45, 2.75) is 18.8 Å². The first kappa shape index (κ1) is 25.3. The van der Waals surface area contributed by atoms with E-state index in [0.29, 0.717) is 52.9 Å². The Morgan fingerprint density at radius 3 is 2.52 bits per heavy atom. The molecule has 1 atom stereocenters. The second-order valence-corrected chi connectivity index (χ2v) is 9.40. The number of allylic oxidation sites excluding steroid dienone is 1. The number of ether oxygens (including phenoxy) is 5. The van der Waals surface area contributed by atoms with Crippen molar-refractivity contribution in [3.63, 3.8) is 0 Å². The number of esters is 1. The molecule has 40 heavy (non-hydrogen) atoms. The third-order valence-electron chi connectivity index (χ3n) is 6.99.